The molecule has 1 atom stereocenters. The zero-order chi connectivity index (χ0) is 21.2. The first kappa shape index (κ1) is 21.3. The summed E-state index contributed by atoms with van der Waals surface area (Å²) in [7, 11) is -3.43. The first-order valence-corrected chi connectivity index (χ1v) is 11.8. The summed E-state index contributed by atoms with van der Waals surface area (Å²) in [6.45, 7) is 1.81. The van der Waals surface area contributed by atoms with Gasteiger partial charge in [-0.25, -0.2) is 8.42 Å². The second-order valence-electron chi connectivity index (χ2n) is 7.17. The number of hydrogen-bond acceptors (Lipinski definition) is 6. The van der Waals surface area contributed by atoms with E-state index in [-0.39, 0.29) is 6.54 Å². The number of nitrogens with one attached hydrogen (secondary N) is 2. The van der Waals surface area contributed by atoms with Crippen LogP contribution in [0.1, 0.15) is 23.8 Å². The first-order valence-electron chi connectivity index (χ1n) is 9.04. The number of fused-ring (bicyclic) bond motifs is 1. The van der Waals surface area contributed by atoms with Gasteiger partial charge in [-0.2, -0.15) is 0 Å². The largest absolute Gasteiger partial charge is 0.383 e. The molecule has 1 unspecified atom stereocenters. The Bertz CT molecular complexity index is 1020. The summed E-state index contributed by atoms with van der Waals surface area (Å²) in [5.41, 5.74) is 0.421. The number of carbonyl (C=O) groups excluding carboxylic acids is 2. The normalized spacial score (nSPS) is 15.9. The number of sulfonamides is 1. The third-order valence-corrected chi connectivity index (χ3v) is 6.97. The Morgan fingerprint density at radius 3 is 2.69 bits per heavy atom. The molecule has 0 aliphatic carbocycles. The van der Waals surface area contributed by atoms with Crippen LogP contribution in [0.3, 0.4) is 0 Å². The Labute approximate surface area is 173 Å². The number of carbonyl (C=O) groups is 2. The van der Waals surface area contributed by atoms with Crippen LogP contribution in [0.25, 0.3) is 0 Å². The zero-order valence-corrected chi connectivity index (χ0v) is 17.8. The number of aliphatic hydroxyl groups is 1. The number of hydrogen-bond donors (Lipinski definition) is 3. The summed E-state index contributed by atoms with van der Waals surface area (Å²) in [6, 6.07) is 8.48. The smallest absolute Gasteiger partial charge is 0.313 e. The Kier molecular flexibility index (Phi) is 5.97. The Morgan fingerprint density at radius 1 is 1.28 bits per heavy atom. The molecule has 0 fully saturated rings. The number of amides is 2. The molecule has 0 spiro atoms. The van der Waals surface area contributed by atoms with Gasteiger partial charge in [0.05, 0.1) is 18.5 Å². The molecule has 0 saturated carbocycles. The van der Waals surface area contributed by atoms with E-state index in [9.17, 15) is 23.1 Å². The maximum absolute atomic E-state index is 12.2. The lowest BCUT2D eigenvalue weighted by Crippen LogP contribution is -2.43. The highest BCUT2D eigenvalue weighted by Crippen LogP contribution is 2.31. The van der Waals surface area contributed by atoms with Gasteiger partial charge in [-0.3, -0.25) is 13.9 Å². The summed E-state index contributed by atoms with van der Waals surface area (Å²) in [5, 5.41) is 17.2. The molecule has 1 aliphatic rings. The fraction of sp³-hybridized carbons (Fsp3) is 0.368. The molecule has 10 heteroatoms. The molecule has 1 aliphatic heterocycles. The Hall–Kier alpha value is -2.43. The molecule has 2 heterocycles. The molecule has 1 aromatic heterocycles. The van der Waals surface area contributed by atoms with Gasteiger partial charge in [-0.1, -0.05) is 12.1 Å². The minimum absolute atomic E-state index is 0.119. The lowest BCUT2D eigenvalue weighted by atomic mass is 10.0. The van der Waals surface area contributed by atoms with Gasteiger partial charge in [0.15, 0.2) is 0 Å². The molecule has 2 amide bonds. The second kappa shape index (κ2) is 8.13. The Balaban J connectivity index is 1.67. The number of rotatable bonds is 5. The quantitative estimate of drug-likeness (QED) is 0.612. The van der Waals surface area contributed by atoms with Gasteiger partial charge < -0.3 is 15.7 Å². The van der Waals surface area contributed by atoms with E-state index in [4.69, 9.17) is 0 Å². The van der Waals surface area contributed by atoms with Gasteiger partial charge in [0.2, 0.25) is 10.0 Å². The molecular formula is C19H23N3O5S2. The van der Waals surface area contributed by atoms with Crippen molar-refractivity contribution in [2.75, 3.05) is 29.0 Å². The van der Waals surface area contributed by atoms with Crippen molar-refractivity contribution in [2.45, 2.75) is 25.4 Å². The number of nitrogens with zero attached hydrogens (tertiary/aromatic N) is 1. The predicted molar refractivity (Wildman–Crippen MR) is 112 cm³/mol. The monoisotopic (exact) mass is 437 g/mol. The van der Waals surface area contributed by atoms with Crippen molar-refractivity contribution in [2.24, 2.45) is 0 Å². The molecule has 156 valence electrons. The van der Waals surface area contributed by atoms with Crippen molar-refractivity contribution in [3.05, 3.63) is 46.2 Å². The molecule has 3 N–H and O–H groups in total. The van der Waals surface area contributed by atoms with Crippen molar-refractivity contribution >= 4 is 44.5 Å². The molecule has 0 radical (unpaired) electrons. The minimum atomic E-state index is -3.43. The van der Waals surface area contributed by atoms with Gasteiger partial charge >= 0.3 is 11.8 Å². The molecular weight excluding hydrogens is 414 g/mol. The average Bonchev–Trinajstić information content (AvgIpc) is 3.20. The maximum atomic E-state index is 12.2. The van der Waals surface area contributed by atoms with Gasteiger partial charge in [0.1, 0.15) is 5.60 Å². The third kappa shape index (κ3) is 4.95. The third-order valence-electron chi connectivity index (χ3n) is 4.67. The highest BCUT2D eigenvalue weighted by atomic mass is 32.2. The molecule has 0 bridgehead atoms. The summed E-state index contributed by atoms with van der Waals surface area (Å²) in [6.07, 6.45) is 2.60. The van der Waals surface area contributed by atoms with Crippen LogP contribution in [0.2, 0.25) is 0 Å². The first-order chi connectivity index (χ1) is 13.6. The number of thiophene rings is 1. The highest BCUT2D eigenvalue weighted by Gasteiger charge is 2.27. The zero-order valence-electron chi connectivity index (χ0n) is 16.1. The Morgan fingerprint density at radius 2 is 2.03 bits per heavy atom. The standard InChI is InChI=1S/C19H23N3O5S2/c1-19(25,16-6-4-10-28-16)12-20-17(23)18(24)21-14-8-7-13-5-3-9-22(15(13)11-14)29(2,26)27/h4,6-8,10-11,25H,3,5,9,12H2,1-2H3,(H,20,23)(H,21,24). The molecule has 0 saturated heterocycles. The molecule has 3 rings (SSSR count). The van der Waals surface area contributed by atoms with Gasteiger partial charge in [-0.05, 0) is 48.9 Å². The van der Waals surface area contributed by atoms with Crippen LogP contribution in [0, 0.1) is 0 Å². The van der Waals surface area contributed by atoms with Crippen molar-refractivity contribution in [3.63, 3.8) is 0 Å². The van der Waals surface area contributed by atoms with Crippen LogP contribution in [-0.2, 0) is 31.6 Å². The predicted octanol–water partition coefficient (Wildman–Crippen LogP) is 1.42. The van der Waals surface area contributed by atoms with Crippen LogP contribution in [-0.4, -0.2) is 44.7 Å². The van der Waals surface area contributed by atoms with Crippen LogP contribution in [0.5, 0.6) is 0 Å². The van der Waals surface area contributed by atoms with E-state index in [1.807, 2.05) is 5.38 Å². The lowest BCUT2D eigenvalue weighted by Gasteiger charge is -2.29. The maximum Gasteiger partial charge on any atom is 0.313 e. The van der Waals surface area contributed by atoms with E-state index < -0.39 is 27.4 Å². The minimum Gasteiger partial charge on any atom is -0.383 e. The van der Waals surface area contributed by atoms with Crippen molar-refractivity contribution < 1.29 is 23.1 Å². The second-order valence-corrected chi connectivity index (χ2v) is 10.0. The van der Waals surface area contributed by atoms with Gasteiger partial charge in [0, 0.05) is 17.1 Å². The topological polar surface area (TPSA) is 116 Å². The fourth-order valence-electron chi connectivity index (χ4n) is 3.16. The van der Waals surface area contributed by atoms with E-state index in [2.05, 4.69) is 10.6 Å². The van der Waals surface area contributed by atoms with Gasteiger partial charge in [-0.15, -0.1) is 11.3 Å². The molecule has 2 aromatic rings. The van der Waals surface area contributed by atoms with Crippen LogP contribution < -0.4 is 14.9 Å². The summed E-state index contributed by atoms with van der Waals surface area (Å²) >= 11 is 1.35. The summed E-state index contributed by atoms with van der Waals surface area (Å²) < 4.78 is 25.3. The van der Waals surface area contributed by atoms with Crippen molar-refractivity contribution in [1.82, 2.24) is 5.32 Å². The van der Waals surface area contributed by atoms with Crippen molar-refractivity contribution in [3.8, 4) is 0 Å². The SMILES string of the molecule is CC(O)(CNC(=O)C(=O)Nc1ccc2c(c1)N(S(C)(=O)=O)CCC2)c1cccs1. The molecule has 1 aromatic carbocycles. The van der Waals surface area contributed by atoms with E-state index in [1.165, 1.54) is 15.6 Å². The van der Waals surface area contributed by atoms with Crippen LogP contribution in [0.15, 0.2) is 35.7 Å². The van der Waals surface area contributed by atoms with Gasteiger partial charge in [0.25, 0.3) is 0 Å². The number of anilines is 2. The number of benzene rings is 1. The molecule has 8 nitrogen and oxygen atoms in total. The highest BCUT2D eigenvalue weighted by molar-refractivity contribution is 7.92. The van der Waals surface area contributed by atoms with Crippen molar-refractivity contribution in [1.29, 1.82) is 0 Å². The summed E-state index contributed by atoms with van der Waals surface area (Å²) in [5.74, 6) is -1.78. The average molecular weight is 438 g/mol. The molecule has 29 heavy (non-hydrogen) atoms. The van der Waals surface area contributed by atoms with E-state index >= 15 is 0 Å². The fourth-order valence-corrected chi connectivity index (χ4v) is 4.93. The summed E-state index contributed by atoms with van der Waals surface area (Å²) in [4.78, 5) is 25.0. The van der Waals surface area contributed by atoms with E-state index in [0.717, 1.165) is 24.7 Å². The lowest BCUT2D eigenvalue weighted by molar-refractivity contribution is -0.136. The van der Waals surface area contributed by atoms with E-state index in [1.54, 1.807) is 37.3 Å². The number of aryl methyl sites for hydroxylation is 1. The van der Waals surface area contributed by atoms with E-state index in [0.29, 0.717) is 22.8 Å². The van der Waals surface area contributed by atoms with Crippen LogP contribution in [0.4, 0.5) is 11.4 Å². The van der Waals surface area contributed by atoms with Crippen LogP contribution >= 0.6 is 11.3 Å².